The molecule has 1 rings (SSSR count). The summed E-state index contributed by atoms with van der Waals surface area (Å²) in [6, 6.07) is 7.53. The van der Waals surface area contributed by atoms with Crippen molar-refractivity contribution in [3.63, 3.8) is 0 Å². The van der Waals surface area contributed by atoms with Crippen LogP contribution in [-0.2, 0) is 16.0 Å². The Kier molecular flexibility index (Phi) is 6.38. The smallest absolute Gasteiger partial charge is 0.317 e. The van der Waals surface area contributed by atoms with E-state index < -0.39 is 17.2 Å². The zero-order chi connectivity index (χ0) is 15.1. The van der Waals surface area contributed by atoms with Crippen LogP contribution >= 0.6 is 11.8 Å². The minimum atomic E-state index is -1.10. The van der Waals surface area contributed by atoms with Crippen LogP contribution in [0.1, 0.15) is 18.9 Å². The molecule has 0 heterocycles. The third kappa shape index (κ3) is 5.52. The van der Waals surface area contributed by atoms with Crippen molar-refractivity contribution in [3.8, 4) is 5.75 Å². The Morgan fingerprint density at radius 2 is 1.85 bits per heavy atom. The fourth-order valence-electron chi connectivity index (χ4n) is 1.77. The molecule has 0 radical (unpaired) electrons. The second-order valence-corrected chi connectivity index (χ2v) is 6.07. The Morgan fingerprint density at radius 3 is 2.30 bits per heavy atom. The first-order valence-corrected chi connectivity index (χ1v) is 7.09. The van der Waals surface area contributed by atoms with E-state index in [9.17, 15) is 9.59 Å². The molecule has 6 heteroatoms. The average molecular weight is 298 g/mol. The molecule has 1 aromatic rings. The summed E-state index contributed by atoms with van der Waals surface area (Å²) in [5.41, 5.74) is 1.06. The molecular weight excluding hydrogens is 280 g/mol. The van der Waals surface area contributed by atoms with E-state index in [4.69, 9.17) is 14.9 Å². The molecule has 110 valence electrons. The fourth-order valence-corrected chi connectivity index (χ4v) is 2.98. The molecular formula is C14H18O5S. The number of hydrogen-bond donors (Lipinski definition) is 2. The standard InChI is InChI=1S/C14H18O5S/c1-9(20-12(14(17)18)8-13(15)16)7-10-3-5-11(19-2)6-4-10/h3-6,9,12H,7-8H2,1-2H3,(H,15,16)(H,17,18)/t9-,12-/m0/s1. The monoisotopic (exact) mass is 298 g/mol. The Bertz CT molecular complexity index is 457. The second kappa shape index (κ2) is 7.79. The predicted molar refractivity (Wildman–Crippen MR) is 77.4 cm³/mol. The summed E-state index contributed by atoms with van der Waals surface area (Å²) in [5.74, 6) is -1.41. The van der Waals surface area contributed by atoms with Crippen molar-refractivity contribution in [2.75, 3.05) is 7.11 Å². The summed E-state index contributed by atoms with van der Waals surface area (Å²) >= 11 is 1.17. The molecule has 0 aliphatic rings. The fraction of sp³-hybridized carbons (Fsp3) is 0.429. The molecule has 20 heavy (non-hydrogen) atoms. The normalized spacial score (nSPS) is 13.5. The van der Waals surface area contributed by atoms with Crippen LogP contribution in [0.25, 0.3) is 0 Å². The Labute approximate surface area is 121 Å². The zero-order valence-corrected chi connectivity index (χ0v) is 12.2. The average Bonchev–Trinajstić information content (AvgIpc) is 2.38. The van der Waals surface area contributed by atoms with Gasteiger partial charge in [-0.25, -0.2) is 0 Å². The van der Waals surface area contributed by atoms with Crippen molar-refractivity contribution in [3.05, 3.63) is 29.8 Å². The van der Waals surface area contributed by atoms with Crippen molar-refractivity contribution in [1.82, 2.24) is 0 Å². The summed E-state index contributed by atoms with van der Waals surface area (Å²) in [6.07, 6.45) is 0.311. The van der Waals surface area contributed by atoms with Crippen LogP contribution in [0.2, 0.25) is 0 Å². The van der Waals surface area contributed by atoms with Gasteiger partial charge in [0.15, 0.2) is 0 Å². The number of benzene rings is 1. The van der Waals surface area contributed by atoms with E-state index >= 15 is 0 Å². The van der Waals surface area contributed by atoms with E-state index in [1.165, 1.54) is 11.8 Å². The Hall–Kier alpha value is -1.69. The van der Waals surface area contributed by atoms with Crippen LogP contribution in [0.15, 0.2) is 24.3 Å². The first kappa shape index (κ1) is 16.4. The lowest BCUT2D eigenvalue weighted by Gasteiger charge is -2.16. The van der Waals surface area contributed by atoms with Crippen LogP contribution in [-0.4, -0.2) is 39.8 Å². The SMILES string of the molecule is COc1ccc(C[C@H](C)S[C@@H](CC(=O)O)C(=O)O)cc1. The molecule has 0 aliphatic heterocycles. The molecule has 0 saturated heterocycles. The number of carboxylic acid groups (broad SMARTS) is 2. The van der Waals surface area contributed by atoms with Gasteiger partial charge in [0, 0.05) is 5.25 Å². The maximum atomic E-state index is 11.0. The van der Waals surface area contributed by atoms with Crippen LogP contribution in [0.3, 0.4) is 0 Å². The van der Waals surface area contributed by atoms with Gasteiger partial charge in [-0.15, -0.1) is 11.8 Å². The molecule has 2 atom stereocenters. The van der Waals surface area contributed by atoms with E-state index in [-0.39, 0.29) is 11.7 Å². The number of carboxylic acids is 2. The minimum Gasteiger partial charge on any atom is -0.497 e. The molecule has 0 fully saturated rings. The van der Waals surface area contributed by atoms with E-state index in [1.807, 2.05) is 31.2 Å². The van der Waals surface area contributed by atoms with E-state index in [0.717, 1.165) is 11.3 Å². The van der Waals surface area contributed by atoms with Gasteiger partial charge in [0.2, 0.25) is 0 Å². The summed E-state index contributed by atoms with van der Waals surface area (Å²) in [5, 5.41) is 16.8. The number of aliphatic carboxylic acids is 2. The van der Waals surface area contributed by atoms with E-state index in [2.05, 4.69) is 0 Å². The number of hydrogen-bond acceptors (Lipinski definition) is 4. The van der Waals surface area contributed by atoms with Gasteiger partial charge in [0.05, 0.1) is 13.5 Å². The number of ether oxygens (including phenoxy) is 1. The van der Waals surface area contributed by atoms with Gasteiger partial charge in [-0.05, 0) is 24.1 Å². The number of thioether (sulfide) groups is 1. The summed E-state index contributed by atoms with van der Waals surface area (Å²) in [4.78, 5) is 21.6. The molecule has 0 spiro atoms. The van der Waals surface area contributed by atoms with Crippen LogP contribution in [0.4, 0.5) is 0 Å². The van der Waals surface area contributed by atoms with Crippen molar-refractivity contribution in [2.45, 2.75) is 30.3 Å². The van der Waals surface area contributed by atoms with Gasteiger partial charge in [-0.2, -0.15) is 0 Å². The molecule has 1 aromatic carbocycles. The van der Waals surface area contributed by atoms with Gasteiger partial charge in [-0.3, -0.25) is 9.59 Å². The first-order chi connectivity index (χ1) is 9.42. The number of rotatable bonds is 8. The molecule has 0 amide bonds. The predicted octanol–water partition coefficient (Wildman–Crippen LogP) is 2.29. The van der Waals surface area contributed by atoms with Gasteiger partial charge in [0.1, 0.15) is 11.0 Å². The number of carbonyl (C=O) groups is 2. The van der Waals surface area contributed by atoms with Crippen molar-refractivity contribution < 1.29 is 24.5 Å². The highest BCUT2D eigenvalue weighted by molar-refractivity contribution is 8.01. The second-order valence-electron chi connectivity index (χ2n) is 4.42. The lowest BCUT2D eigenvalue weighted by Crippen LogP contribution is -2.23. The largest absolute Gasteiger partial charge is 0.497 e. The number of methoxy groups -OCH3 is 1. The lowest BCUT2D eigenvalue weighted by molar-refractivity contribution is -0.142. The topological polar surface area (TPSA) is 83.8 Å². The van der Waals surface area contributed by atoms with Crippen LogP contribution in [0, 0.1) is 0 Å². The molecule has 5 nitrogen and oxygen atoms in total. The minimum absolute atomic E-state index is 0.0174. The lowest BCUT2D eigenvalue weighted by atomic mass is 10.1. The van der Waals surface area contributed by atoms with Gasteiger partial charge < -0.3 is 14.9 Å². The molecule has 0 saturated carbocycles. The van der Waals surface area contributed by atoms with Crippen LogP contribution in [0.5, 0.6) is 5.75 Å². The zero-order valence-electron chi connectivity index (χ0n) is 11.4. The Morgan fingerprint density at radius 1 is 1.25 bits per heavy atom. The maximum absolute atomic E-state index is 11.0. The van der Waals surface area contributed by atoms with Gasteiger partial charge in [0.25, 0.3) is 0 Å². The van der Waals surface area contributed by atoms with Crippen LogP contribution < -0.4 is 4.74 Å². The van der Waals surface area contributed by atoms with Gasteiger partial charge in [-0.1, -0.05) is 19.1 Å². The Balaban J connectivity index is 2.57. The summed E-state index contributed by atoms with van der Waals surface area (Å²) in [6.45, 7) is 1.90. The first-order valence-electron chi connectivity index (χ1n) is 6.15. The third-order valence-corrected chi connectivity index (χ3v) is 4.04. The van der Waals surface area contributed by atoms with Crippen molar-refractivity contribution >= 4 is 23.7 Å². The highest BCUT2D eigenvalue weighted by Crippen LogP contribution is 2.24. The summed E-state index contributed by atoms with van der Waals surface area (Å²) in [7, 11) is 1.59. The molecule has 0 aromatic heterocycles. The van der Waals surface area contributed by atoms with E-state index in [0.29, 0.717) is 6.42 Å². The third-order valence-electron chi connectivity index (χ3n) is 2.71. The molecule has 0 unspecified atom stereocenters. The summed E-state index contributed by atoms with van der Waals surface area (Å²) < 4.78 is 5.07. The quantitative estimate of drug-likeness (QED) is 0.766. The molecule has 0 aliphatic carbocycles. The highest BCUT2D eigenvalue weighted by atomic mass is 32.2. The van der Waals surface area contributed by atoms with E-state index in [1.54, 1.807) is 7.11 Å². The van der Waals surface area contributed by atoms with Gasteiger partial charge >= 0.3 is 11.9 Å². The van der Waals surface area contributed by atoms with Crippen molar-refractivity contribution in [2.24, 2.45) is 0 Å². The molecule has 0 bridgehead atoms. The maximum Gasteiger partial charge on any atom is 0.317 e. The highest BCUT2D eigenvalue weighted by Gasteiger charge is 2.24. The molecule has 2 N–H and O–H groups in total. The van der Waals surface area contributed by atoms with Crippen molar-refractivity contribution in [1.29, 1.82) is 0 Å².